The third-order valence-electron chi connectivity index (χ3n) is 5.05. The van der Waals surface area contributed by atoms with Crippen molar-refractivity contribution >= 4 is 34.8 Å². The molecule has 0 bridgehead atoms. The van der Waals surface area contributed by atoms with E-state index in [1.165, 1.54) is 11.8 Å². The van der Waals surface area contributed by atoms with Crippen molar-refractivity contribution in [2.24, 2.45) is 4.99 Å². The lowest BCUT2D eigenvalue weighted by Gasteiger charge is -2.34. The zero-order chi connectivity index (χ0) is 20.9. The molecular weight excluding hydrogens is 398 g/mol. The molecule has 2 amide bonds. The maximum Gasteiger partial charge on any atom is 0.286 e. The zero-order valence-corrected chi connectivity index (χ0v) is 17.6. The molecule has 0 saturated carbocycles. The van der Waals surface area contributed by atoms with Gasteiger partial charge >= 0.3 is 0 Å². The number of ether oxygens (including phenoxy) is 1. The van der Waals surface area contributed by atoms with E-state index in [1.807, 2.05) is 65.6 Å². The van der Waals surface area contributed by atoms with Crippen molar-refractivity contribution in [1.29, 1.82) is 0 Å². The molecule has 30 heavy (non-hydrogen) atoms. The number of thioether (sulfide) groups is 1. The lowest BCUT2D eigenvalue weighted by atomic mass is 10.2. The first-order valence-electron chi connectivity index (χ1n) is 9.89. The maximum atomic E-state index is 12.5. The SMILES string of the molecule is CC(=O)N1CCN(C2=NC(=O)C(=Cc3ccccc3OCc3ccccc3)S2)CC1. The van der Waals surface area contributed by atoms with Crippen LogP contribution in [0.4, 0.5) is 0 Å². The van der Waals surface area contributed by atoms with Gasteiger partial charge in [0.1, 0.15) is 12.4 Å². The van der Waals surface area contributed by atoms with E-state index < -0.39 is 0 Å². The van der Waals surface area contributed by atoms with Crippen molar-refractivity contribution in [3.8, 4) is 5.75 Å². The Morgan fingerprint density at radius 2 is 1.77 bits per heavy atom. The molecule has 0 spiro atoms. The third kappa shape index (κ3) is 4.74. The predicted molar refractivity (Wildman–Crippen MR) is 119 cm³/mol. The molecule has 2 aromatic rings. The van der Waals surface area contributed by atoms with E-state index in [9.17, 15) is 9.59 Å². The molecule has 4 rings (SSSR count). The predicted octanol–water partition coefficient (Wildman–Crippen LogP) is 3.40. The van der Waals surface area contributed by atoms with Crippen LogP contribution in [0.5, 0.6) is 5.75 Å². The Morgan fingerprint density at radius 3 is 2.50 bits per heavy atom. The summed E-state index contributed by atoms with van der Waals surface area (Å²) in [5.74, 6) is 0.576. The van der Waals surface area contributed by atoms with Crippen LogP contribution < -0.4 is 4.74 Å². The summed E-state index contributed by atoms with van der Waals surface area (Å²) in [5.41, 5.74) is 1.93. The number of para-hydroxylation sites is 1. The number of hydrogen-bond donors (Lipinski definition) is 0. The largest absolute Gasteiger partial charge is 0.488 e. The molecule has 0 aliphatic carbocycles. The molecule has 1 fully saturated rings. The number of nitrogens with zero attached hydrogens (tertiary/aromatic N) is 3. The van der Waals surface area contributed by atoms with E-state index in [1.54, 1.807) is 6.92 Å². The summed E-state index contributed by atoms with van der Waals surface area (Å²) in [6.45, 7) is 4.71. The molecule has 0 unspecified atom stereocenters. The molecule has 2 heterocycles. The van der Waals surface area contributed by atoms with Crippen LogP contribution in [0.3, 0.4) is 0 Å². The Kier molecular flexibility index (Phi) is 6.18. The van der Waals surface area contributed by atoms with Crippen LogP contribution in [0, 0.1) is 0 Å². The number of aliphatic imine (C=N–C) groups is 1. The highest BCUT2D eigenvalue weighted by Crippen LogP contribution is 2.32. The molecule has 0 N–H and O–H groups in total. The van der Waals surface area contributed by atoms with Crippen LogP contribution in [-0.2, 0) is 16.2 Å². The minimum Gasteiger partial charge on any atom is -0.488 e. The lowest BCUT2D eigenvalue weighted by Crippen LogP contribution is -2.49. The van der Waals surface area contributed by atoms with Crippen LogP contribution in [0.2, 0.25) is 0 Å². The first kappa shape index (κ1) is 20.2. The average Bonchev–Trinajstić information content (AvgIpc) is 3.14. The normalized spacial score (nSPS) is 18.0. The third-order valence-corrected chi connectivity index (χ3v) is 6.09. The lowest BCUT2D eigenvalue weighted by molar-refractivity contribution is -0.130. The standard InChI is InChI=1S/C23H23N3O3S/c1-17(27)25-11-13-26(14-12-25)23-24-22(28)21(30-23)15-19-9-5-6-10-20(19)29-16-18-7-3-2-4-8-18/h2-10,15H,11-14,16H2,1H3. The van der Waals surface area contributed by atoms with Gasteiger partial charge in [-0.05, 0) is 29.5 Å². The fraction of sp³-hybridized carbons (Fsp3) is 0.261. The number of benzene rings is 2. The number of carbonyl (C=O) groups excluding carboxylic acids is 2. The van der Waals surface area contributed by atoms with Crippen LogP contribution in [0.15, 0.2) is 64.5 Å². The summed E-state index contributed by atoms with van der Waals surface area (Å²) in [6, 6.07) is 17.7. The second-order valence-corrected chi connectivity index (χ2v) is 8.12. The van der Waals surface area contributed by atoms with Gasteiger partial charge in [0.15, 0.2) is 5.17 Å². The van der Waals surface area contributed by atoms with E-state index in [4.69, 9.17) is 4.74 Å². The second-order valence-electron chi connectivity index (χ2n) is 7.12. The van der Waals surface area contributed by atoms with Gasteiger partial charge in [0.2, 0.25) is 5.91 Å². The Labute approximate surface area is 180 Å². The fourth-order valence-corrected chi connectivity index (χ4v) is 4.31. The van der Waals surface area contributed by atoms with E-state index in [-0.39, 0.29) is 11.8 Å². The Morgan fingerprint density at radius 1 is 1.07 bits per heavy atom. The van der Waals surface area contributed by atoms with Crippen molar-refractivity contribution in [2.75, 3.05) is 26.2 Å². The molecule has 1 saturated heterocycles. The molecule has 2 aromatic carbocycles. The van der Waals surface area contributed by atoms with Crippen LogP contribution in [0.25, 0.3) is 6.08 Å². The van der Waals surface area contributed by atoms with Gasteiger partial charge < -0.3 is 14.5 Å². The van der Waals surface area contributed by atoms with Crippen LogP contribution in [-0.4, -0.2) is 53.0 Å². The Balaban J connectivity index is 1.43. The summed E-state index contributed by atoms with van der Waals surface area (Å²) < 4.78 is 6.00. The molecule has 0 atom stereocenters. The van der Waals surface area contributed by atoms with E-state index in [0.29, 0.717) is 42.9 Å². The summed E-state index contributed by atoms with van der Waals surface area (Å²) >= 11 is 1.38. The van der Waals surface area contributed by atoms with Crippen molar-refractivity contribution in [1.82, 2.24) is 9.80 Å². The van der Waals surface area contributed by atoms with Crippen molar-refractivity contribution in [2.45, 2.75) is 13.5 Å². The summed E-state index contributed by atoms with van der Waals surface area (Å²) in [7, 11) is 0. The number of piperazine rings is 1. The molecule has 2 aliphatic rings. The average molecular weight is 422 g/mol. The summed E-state index contributed by atoms with van der Waals surface area (Å²) in [6.07, 6.45) is 1.84. The van der Waals surface area contributed by atoms with Gasteiger partial charge in [0, 0.05) is 38.7 Å². The van der Waals surface area contributed by atoms with Crippen LogP contribution >= 0.6 is 11.8 Å². The molecule has 154 valence electrons. The molecule has 7 heteroatoms. The van der Waals surface area contributed by atoms with Gasteiger partial charge in [0.25, 0.3) is 5.91 Å². The van der Waals surface area contributed by atoms with Crippen molar-refractivity contribution in [3.63, 3.8) is 0 Å². The van der Waals surface area contributed by atoms with Crippen molar-refractivity contribution in [3.05, 3.63) is 70.6 Å². The minimum absolute atomic E-state index is 0.0828. The first-order valence-corrected chi connectivity index (χ1v) is 10.7. The molecule has 2 aliphatic heterocycles. The number of rotatable bonds is 4. The number of hydrogen-bond acceptors (Lipinski definition) is 5. The Bertz CT molecular complexity index is 996. The molecule has 0 radical (unpaired) electrons. The highest BCUT2D eigenvalue weighted by molar-refractivity contribution is 8.18. The first-order chi connectivity index (χ1) is 14.6. The quantitative estimate of drug-likeness (QED) is 0.708. The van der Waals surface area contributed by atoms with Gasteiger partial charge in [-0.15, -0.1) is 0 Å². The van der Waals surface area contributed by atoms with Gasteiger partial charge in [-0.25, -0.2) is 0 Å². The number of amides is 2. The van der Waals surface area contributed by atoms with E-state index >= 15 is 0 Å². The second kappa shape index (κ2) is 9.17. The number of amidine groups is 1. The van der Waals surface area contributed by atoms with Crippen LogP contribution in [0.1, 0.15) is 18.1 Å². The highest BCUT2D eigenvalue weighted by Gasteiger charge is 2.29. The maximum absolute atomic E-state index is 12.5. The van der Waals surface area contributed by atoms with E-state index in [2.05, 4.69) is 9.89 Å². The van der Waals surface area contributed by atoms with Gasteiger partial charge in [-0.3, -0.25) is 9.59 Å². The monoisotopic (exact) mass is 421 g/mol. The summed E-state index contributed by atoms with van der Waals surface area (Å²) in [5, 5.41) is 0.706. The van der Waals surface area contributed by atoms with Crippen molar-refractivity contribution < 1.29 is 14.3 Å². The smallest absolute Gasteiger partial charge is 0.286 e. The minimum atomic E-state index is -0.234. The van der Waals surface area contributed by atoms with Gasteiger partial charge in [0.05, 0.1) is 4.91 Å². The van der Waals surface area contributed by atoms with Gasteiger partial charge in [-0.2, -0.15) is 4.99 Å². The molecule has 6 nitrogen and oxygen atoms in total. The summed E-state index contributed by atoms with van der Waals surface area (Å²) in [4.78, 5) is 32.7. The molecule has 0 aromatic heterocycles. The highest BCUT2D eigenvalue weighted by atomic mass is 32.2. The zero-order valence-electron chi connectivity index (χ0n) is 16.8. The topological polar surface area (TPSA) is 62.2 Å². The fourth-order valence-electron chi connectivity index (χ4n) is 3.35. The Hall–Kier alpha value is -3.06. The van der Waals surface area contributed by atoms with E-state index in [0.717, 1.165) is 16.9 Å². The molecular formula is C23H23N3O3S. The van der Waals surface area contributed by atoms with Gasteiger partial charge in [-0.1, -0.05) is 48.5 Å². The number of carbonyl (C=O) groups is 2.